The highest BCUT2D eigenvalue weighted by molar-refractivity contribution is 7.89. The molecule has 1 fully saturated rings. The highest BCUT2D eigenvalue weighted by Gasteiger charge is 2.33. The number of hydrogen-bond donors (Lipinski definition) is 2. The van der Waals surface area contributed by atoms with Crippen LogP contribution >= 0.6 is 11.6 Å². The predicted molar refractivity (Wildman–Crippen MR) is 122 cm³/mol. The lowest BCUT2D eigenvalue weighted by atomic mass is 10.1. The molecular formula is C22H23ClN4O4S. The molecule has 2 heterocycles. The van der Waals surface area contributed by atoms with Crippen molar-refractivity contribution in [2.24, 2.45) is 0 Å². The number of benzene rings is 2. The molecule has 0 unspecified atom stereocenters. The summed E-state index contributed by atoms with van der Waals surface area (Å²) in [4.78, 5) is 12.7. The lowest BCUT2D eigenvalue weighted by Crippen LogP contribution is -2.48. The third kappa shape index (κ3) is 4.71. The van der Waals surface area contributed by atoms with Gasteiger partial charge in [0.15, 0.2) is 0 Å². The number of morpholine rings is 1. The summed E-state index contributed by atoms with van der Waals surface area (Å²) in [7, 11) is -3.89. The maximum atomic E-state index is 13.2. The number of carbonyl (C=O) groups is 1. The van der Waals surface area contributed by atoms with Crippen LogP contribution in [0.3, 0.4) is 0 Å². The van der Waals surface area contributed by atoms with Crippen LogP contribution < -0.4 is 5.32 Å². The molecule has 0 spiro atoms. The quantitative estimate of drug-likeness (QED) is 0.585. The first-order valence-electron chi connectivity index (χ1n) is 10.1. The van der Waals surface area contributed by atoms with E-state index in [2.05, 4.69) is 15.5 Å². The van der Waals surface area contributed by atoms with Crippen LogP contribution in [0.5, 0.6) is 0 Å². The number of sulfonamides is 1. The van der Waals surface area contributed by atoms with Gasteiger partial charge in [-0.25, -0.2) is 8.42 Å². The summed E-state index contributed by atoms with van der Waals surface area (Å²) in [6.45, 7) is 4.09. The number of carbonyl (C=O) groups excluding carboxylic acids is 1. The molecule has 2 atom stereocenters. The fourth-order valence-electron chi connectivity index (χ4n) is 3.66. The summed E-state index contributed by atoms with van der Waals surface area (Å²) in [5.74, 6) is -0.434. The fraction of sp³-hybridized carbons (Fsp3) is 0.273. The Balaban J connectivity index is 1.55. The minimum Gasteiger partial charge on any atom is -0.373 e. The molecule has 2 aromatic carbocycles. The van der Waals surface area contributed by atoms with Crippen molar-refractivity contribution >= 4 is 33.2 Å². The largest absolute Gasteiger partial charge is 0.373 e. The topological polar surface area (TPSA) is 104 Å². The molecular weight excluding hydrogens is 452 g/mol. The minimum atomic E-state index is -3.89. The van der Waals surface area contributed by atoms with E-state index in [1.54, 1.807) is 18.3 Å². The van der Waals surface area contributed by atoms with Crippen LogP contribution in [-0.4, -0.2) is 54.1 Å². The highest BCUT2D eigenvalue weighted by atomic mass is 35.5. The van der Waals surface area contributed by atoms with E-state index in [4.69, 9.17) is 16.3 Å². The standard InChI is InChI=1S/C22H23ClN4O4S/c1-14-12-27(13-15(2)31-14)32(29,30)21-11-17(5-8-19(21)23)22(28)25-18-6-3-16(4-7-18)20-9-10-24-26-20/h3-11,14-15H,12-13H2,1-2H3,(H,24,26)(H,25,28)/t14-,15+. The van der Waals surface area contributed by atoms with Crippen molar-refractivity contribution in [3.63, 3.8) is 0 Å². The number of halogens is 1. The Labute approximate surface area is 191 Å². The zero-order chi connectivity index (χ0) is 22.9. The molecule has 10 heteroatoms. The molecule has 32 heavy (non-hydrogen) atoms. The van der Waals surface area contributed by atoms with Crippen molar-refractivity contribution in [2.75, 3.05) is 18.4 Å². The third-order valence-corrected chi connectivity index (χ3v) is 7.47. The van der Waals surface area contributed by atoms with Gasteiger partial charge < -0.3 is 10.1 Å². The maximum Gasteiger partial charge on any atom is 0.255 e. The van der Waals surface area contributed by atoms with Crippen LogP contribution in [0.4, 0.5) is 5.69 Å². The van der Waals surface area contributed by atoms with E-state index in [0.717, 1.165) is 11.3 Å². The average Bonchev–Trinajstić information content (AvgIpc) is 3.28. The van der Waals surface area contributed by atoms with E-state index >= 15 is 0 Å². The van der Waals surface area contributed by atoms with Crippen molar-refractivity contribution < 1.29 is 17.9 Å². The van der Waals surface area contributed by atoms with Crippen molar-refractivity contribution in [2.45, 2.75) is 31.0 Å². The molecule has 1 aliphatic rings. The van der Waals surface area contributed by atoms with Gasteiger partial charge in [0.2, 0.25) is 10.0 Å². The number of ether oxygens (including phenoxy) is 1. The van der Waals surface area contributed by atoms with Gasteiger partial charge in [-0.3, -0.25) is 9.89 Å². The number of H-pyrrole nitrogens is 1. The number of aromatic amines is 1. The lowest BCUT2D eigenvalue weighted by Gasteiger charge is -2.34. The monoisotopic (exact) mass is 474 g/mol. The van der Waals surface area contributed by atoms with E-state index < -0.39 is 15.9 Å². The third-order valence-electron chi connectivity index (χ3n) is 5.15. The van der Waals surface area contributed by atoms with Crippen molar-refractivity contribution in [1.29, 1.82) is 0 Å². The second kappa shape index (κ2) is 9.03. The second-order valence-corrected chi connectivity index (χ2v) is 10.0. The van der Waals surface area contributed by atoms with Crippen molar-refractivity contribution in [3.05, 3.63) is 65.3 Å². The Bertz CT molecular complexity index is 1200. The van der Waals surface area contributed by atoms with Crippen molar-refractivity contribution in [1.82, 2.24) is 14.5 Å². The zero-order valence-electron chi connectivity index (χ0n) is 17.6. The first kappa shape index (κ1) is 22.5. The van der Waals surface area contributed by atoms with E-state index in [-0.39, 0.29) is 40.8 Å². The van der Waals surface area contributed by atoms with Gasteiger partial charge in [-0.05, 0) is 55.8 Å². The van der Waals surface area contributed by atoms with Crippen molar-refractivity contribution in [3.8, 4) is 11.3 Å². The summed E-state index contributed by atoms with van der Waals surface area (Å²) in [5.41, 5.74) is 2.56. The Kier molecular flexibility index (Phi) is 6.34. The van der Waals surface area contributed by atoms with Crippen LogP contribution in [0.15, 0.2) is 59.6 Å². The molecule has 4 rings (SSSR count). The number of aromatic nitrogens is 2. The lowest BCUT2D eigenvalue weighted by molar-refractivity contribution is -0.0440. The molecule has 0 bridgehead atoms. The molecule has 3 aromatic rings. The Hall–Kier alpha value is -2.72. The molecule has 0 radical (unpaired) electrons. The van der Waals surface area contributed by atoms with E-state index in [9.17, 15) is 13.2 Å². The van der Waals surface area contributed by atoms with E-state index in [0.29, 0.717) is 5.69 Å². The summed E-state index contributed by atoms with van der Waals surface area (Å²) in [5, 5.41) is 9.65. The first-order chi connectivity index (χ1) is 15.2. The molecule has 1 saturated heterocycles. The van der Waals surface area contributed by atoms with Gasteiger partial charge in [0.05, 0.1) is 22.9 Å². The van der Waals surface area contributed by atoms with Crippen LogP contribution in [-0.2, 0) is 14.8 Å². The molecule has 8 nitrogen and oxygen atoms in total. The zero-order valence-corrected chi connectivity index (χ0v) is 19.2. The van der Waals surface area contributed by atoms with E-state index in [1.165, 1.54) is 22.5 Å². The number of hydrogen-bond acceptors (Lipinski definition) is 5. The summed E-state index contributed by atoms with van der Waals surface area (Å²) in [6, 6.07) is 13.3. The van der Waals surface area contributed by atoms with Crippen LogP contribution in [0.1, 0.15) is 24.2 Å². The van der Waals surface area contributed by atoms with Gasteiger partial charge >= 0.3 is 0 Å². The summed E-state index contributed by atoms with van der Waals surface area (Å²) >= 11 is 6.23. The maximum absolute atomic E-state index is 13.2. The van der Waals surface area contributed by atoms with Gasteiger partial charge in [0.25, 0.3) is 5.91 Å². The predicted octanol–water partition coefficient (Wildman–Crippen LogP) is 3.78. The Morgan fingerprint density at radius 3 is 2.44 bits per heavy atom. The smallest absolute Gasteiger partial charge is 0.255 e. The molecule has 0 saturated carbocycles. The Morgan fingerprint density at radius 1 is 1.12 bits per heavy atom. The van der Waals surface area contributed by atoms with Gasteiger partial charge in [0, 0.05) is 30.5 Å². The van der Waals surface area contributed by atoms with Gasteiger partial charge in [-0.2, -0.15) is 9.40 Å². The van der Waals surface area contributed by atoms with Gasteiger partial charge in [-0.15, -0.1) is 0 Å². The molecule has 168 valence electrons. The van der Waals surface area contributed by atoms with Crippen LogP contribution in [0, 0.1) is 0 Å². The Morgan fingerprint density at radius 2 is 1.81 bits per heavy atom. The average molecular weight is 475 g/mol. The SMILES string of the molecule is C[C@@H]1CN(S(=O)(=O)c2cc(C(=O)Nc3ccc(-c4ccn[nH]4)cc3)ccc2Cl)C[C@H](C)O1. The molecule has 0 aliphatic carbocycles. The minimum absolute atomic E-state index is 0.0669. The molecule has 1 amide bonds. The van der Waals surface area contributed by atoms with Gasteiger partial charge in [0.1, 0.15) is 4.90 Å². The van der Waals surface area contributed by atoms with Crippen LogP contribution in [0.25, 0.3) is 11.3 Å². The summed E-state index contributed by atoms with van der Waals surface area (Å²) in [6.07, 6.45) is 1.20. The number of rotatable bonds is 5. The van der Waals surface area contributed by atoms with Crippen LogP contribution in [0.2, 0.25) is 5.02 Å². The van der Waals surface area contributed by atoms with Gasteiger partial charge in [-0.1, -0.05) is 23.7 Å². The molecule has 2 N–H and O–H groups in total. The molecule has 1 aromatic heterocycles. The second-order valence-electron chi connectivity index (χ2n) is 7.73. The fourth-order valence-corrected chi connectivity index (χ4v) is 5.75. The summed E-state index contributed by atoms with van der Waals surface area (Å²) < 4.78 is 33.4. The highest BCUT2D eigenvalue weighted by Crippen LogP contribution is 2.28. The normalized spacial score (nSPS) is 19.6. The number of anilines is 1. The number of nitrogens with zero attached hydrogens (tertiary/aromatic N) is 2. The van der Waals surface area contributed by atoms with E-state index in [1.807, 2.05) is 32.0 Å². The number of amides is 1. The number of nitrogens with one attached hydrogen (secondary N) is 2. The molecule has 1 aliphatic heterocycles. The first-order valence-corrected chi connectivity index (χ1v) is 11.9.